The number of rotatable bonds is 5. The molecule has 0 bridgehead atoms. The third-order valence-corrected chi connectivity index (χ3v) is 4.01. The first-order chi connectivity index (χ1) is 6.52. The molecule has 14 heavy (non-hydrogen) atoms. The van der Waals surface area contributed by atoms with E-state index in [2.05, 4.69) is 10.0 Å². The lowest BCUT2D eigenvalue weighted by molar-refractivity contribution is 0.486. The summed E-state index contributed by atoms with van der Waals surface area (Å²) in [5.41, 5.74) is 0. The van der Waals surface area contributed by atoms with Crippen molar-refractivity contribution in [3.8, 4) is 0 Å². The van der Waals surface area contributed by atoms with Crippen LogP contribution in [0.1, 0.15) is 12.8 Å². The van der Waals surface area contributed by atoms with Crippen LogP contribution >= 0.6 is 0 Å². The third kappa shape index (κ3) is 3.53. The summed E-state index contributed by atoms with van der Waals surface area (Å²) in [6, 6.07) is 0. The van der Waals surface area contributed by atoms with Gasteiger partial charge >= 0.3 is 0 Å². The summed E-state index contributed by atoms with van der Waals surface area (Å²) in [5, 5.41) is 3.26. The Kier molecular flexibility index (Phi) is 4.31. The van der Waals surface area contributed by atoms with Crippen LogP contribution in [0.2, 0.25) is 0 Å². The zero-order valence-electron chi connectivity index (χ0n) is 8.78. The van der Waals surface area contributed by atoms with E-state index in [0.29, 0.717) is 12.5 Å². The normalized spacial score (nSPS) is 23.2. The fourth-order valence-corrected chi connectivity index (χ4v) is 2.12. The lowest BCUT2D eigenvalue weighted by Gasteiger charge is -2.13. The van der Waals surface area contributed by atoms with Gasteiger partial charge in [0.05, 0.1) is 0 Å². The smallest absolute Gasteiger partial charge is 0.278 e. The van der Waals surface area contributed by atoms with E-state index < -0.39 is 10.2 Å². The molecule has 0 saturated carbocycles. The molecular weight excluding hydrogens is 202 g/mol. The van der Waals surface area contributed by atoms with Crippen molar-refractivity contribution in [2.75, 3.05) is 33.7 Å². The van der Waals surface area contributed by atoms with Gasteiger partial charge in [-0.15, -0.1) is 0 Å². The number of nitrogens with one attached hydrogen (secondary N) is 2. The number of hydrogen-bond donors (Lipinski definition) is 2. The van der Waals surface area contributed by atoms with Crippen LogP contribution in [0.3, 0.4) is 0 Å². The second kappa shape index (κ2) is 5.06. The van der Waals surface area contributed by atoms with Gasteiger partial charge in [-0.25, -0.2) is 4.72 Å². The molecule has 6 heteroatoms. The van der Waals surface area contributed by atoms with Crippen molar-refractivity contribution in [1.82, 2.24) is 14.3 Å². The van der Waals surface area contributed by atoms with Crippen LogP contribution in [0, 0.1) is 5.92 Å². The van der Waals surface area contributed by atoms with Gasteiger partial charge < -0.3 is 5.32 Å². The standard InChI is InChI=1S/C8H19N3O2S/c1-11(2)14(12,13)10-6-4-8-3-5-9-7-8/h8-10H,3-7H2,1-2H3. The molecule has 0 spiro atoms. The minimum Gasteiger partial charge on any atom is -0.316 e. The quantitative estimate of drug-likeness (QED) is 0.650. The van der Waals surface area contributed by atoms with Gasteiger partial charge in [-0.1, -0.05) is 0 Å². The molecule has 84 valence electrons. The van der Waals surface area contributed by atoms with Crippen molar-refractivity contribution < 1.29 is 8.42 Å². The highest BCUT2D eigenvalue weighted by atomic mass is 32.2. The number of hydrogen-bond acceptors (Lipinski definition) is 3. The molecule has 1 rings (SSSR count). The fourth-order valence-electron chi connectivity index (χ4n) is 1.48. The highest BCUT2D eigenvalue weighted by Gasteiger charge is 2.16. The average Bonchev–Trinajstić information content (AvgIpc) is 2.56. The molecule has 1 fully saturated rings. The van der Waals surface area contributed by atoms with Crippen molar-refractivity contribution >= 4 is 10.2 Å². The minimum atomic E-state index is -3.23. The molecule has 1 unspecified atom stereocenters. The highest BCUT2D eigenvalue weighted by molar-refractivity contribution is 7.87. The van der Waals surface area contributed by atoms with E-state index in [1.165, 1.54) is 18.4 Å². The molecule has 1 saturated heterocycles. The van der Waals surface area contributed by atoms with E-state index in [0.717, 1.165) is 25.9 Å². The summed E-state index contributed by atoms with van der Waals surface area (Å²) < 4.78 is 26.4. The summed E-state index contributed by atoms with van der Waals surface area (Å²) in [5.74, 6) is 0.625. The maximum Gasteiger partial charge on any atom is 0.278 e. The van der Waals surface area contributed by atoms with Crippen molar-refractivity contribution in [3.05, 3.63) is 0 Å². The predicted octanol–water partition coefficient (Wildman–Crippen LogP) is -0.618. The SMILES string of the molecule is CN(C)S(=O)(=O)NCCC1CCNC1. The van der Waals surface area contributed by atoms with Gasteiger partial charge in [-0.05, 0) is 31.8 Å². The molecule has 2 N–H and O–H groups in total. The largest absolute Gasteiger partial charge is 0.316 e. The van der Waals surface area contributed by atoms with E-state index in [4.69, 9.17) is 0 Å². The van der Waals surface area contributed by atoms with Crippen LogP contribution in [0.4, 0.5) is 0 Å². The second-order valence-electron chi connectivity index (χ2n) is 3.83. The molecule has 0 aromatic carbocycles. The third-order valence-electron chi connectivity index (χ3n) is 2.48. The Bertz CT molecular complexity index is 258. The molecule has 5 nitrogen and oxygen atoms in total. The Morgan fingerprint density at radius 2 is 2.21 bits per heavy atom. The van der Waals surface area contributed by atoms with E-state index in [1.54, 1.807) is 0 Å². The first-order valence-electron chi connectivity index (χ1n) is 4.90. The summed E-state index contributed by atoms with van der Waals surface area (Å²) in [6.07, 6.45) is 2.07. The second-order valence-corrected chi connectivity index (χ2v) is 5.80. The Morgan fingerprint density at radius 3 is 2.71 bits per heavy atom. The van der Waals surface area contributed by atoms with Crippen LogP contribution < -0.4 is 10.0 Å². The minimum absolute atomic E-state index is 0.535. The molecule has 1 aliphatic heterocycles. The van der Waals surface area contributed by atoms with Crippen LogP contribution in [0.5, 0.6) is 0 Å². The maximum atomic E-state index is 11.3. The van der Waals surface area contributed by atoms with Crippen LogP contribution in [0.25, 0.3) is 0 Å². The van der Waals surface area contributed by atoms with Gasteiger partial charge in [0.2, 0.25) is 0 Å². The van der Waals surface area contributed by atoms with Gasteiger partial charge in [-0.3, -0.25) is 0 Å². The summed E-state index contributed by atoms with van der Waals surface area (Å²) >= 11 is 0. The molecule has 0 radical (unpaired) electrons. The van der Waals surface area contributed by atoms with Crippen LogP contribution in [-0.2, 0) is 10.2 Å². The Labute approximate surface area is 86.0 Å². The maximum absolute atomic E-state index is 11.3. The van der Waals surface area contributed by atoms with Gasteiger partial charge in [0.25, 0.3) is 10.2 Å². The van der Waals surface area contributed by atoms with E-state index in [9.17, 15) is 8.42 Å². The zero-order valence-corrected chi connectivity index (χ0v) is 9.60. The van der Waals surface area contributed by atoms with Crippen molar-refractivity contribution in [2.45, 2.75) is 12.8 Å². The van der Waals surface area contributed by atoms with Crippen molar-refractivity contribution in [3.63, 3.8) is 0 Å². The monoisotopic (exact) mass is 221 g/mol. The lowest BCUT2D eigenvalue weighted by Crippen LogP contribution is -2.36. The summed E-state index contributed by atoms with van der Waals surface area (Å²) in [7, 11) is -0.172. The molecule has 0 amide bonds. The highest BCUT2D eigenvalue weighted by Crippen LogP contribution is 2.10. The van der Waals surface area contributed by atoms with Crippen LogP contribution in [-0.4, -0.2) is 46.5 Å². The Balaban J connectivity index is 2.20. The molecule has 0 aliphatic carbocycles. The number of nitrogens with zero attached hydrogens (tertiary/aromatic N) is 1. The summed E-state index contributed by atoms with van der Waals surface area (Å²) in [6.45, 7) is 2.61. The Hall–Kier alpha value is -0.170. The predicted molar refractivity (Wildman–Crippen MR) is 56.2 cm³/mol. The van der Waals surface area contributed by atoms with Gasteiger partial charge in [0.1, 0.15) is 0 Å². The van der Waals surface area contributed by atoms with Gasteiger partial charge in [0.15, 0.2) is 0 Å². The van der Waals surface area contributed by atoms with Crippen molar-refractivity contribution in [2.24, 2.45) is 5.92 Å². The van der Waals surface area contributed by atoms with Crippen molar-refractivity contribution in [1.29, 1.82) is 0 Å². The molecule has 0 aromatic rings. The van der Waals surface area contributed by atoms with E-state index in [-0.39, 0.29) is 0 Å². The first kappa shape index (κ1) is 11.9. The molecule has 1 atom stereocenters. The molecule has 1 aliphatic rings. The summed E-state index contributed by atoms with van der Waals surface area (Å²) in [4.78, 5) is 0. The molecule has 0 aromatic heterocycles. The topological polar surface area (TPSA) is 61.4 Å². The lowest BCUT2D eigenvalue weighted by atomic mass is 10.1. The van der Waals surface area contributed by atoms with Crippen LogP contribution in [0.15, 0.2) is 0 Å². The van der Waals surface area contributed by atoms with E-state index in [1.807, 2.05) is 0 Å². The first-order valence-corrected chi connectivity index (χ1v) is 6.34. The van der Waals surface area contributed by atoms with E-state index >= 15 is 0 Å². The fraction of sp³-hybridized carbons (Fsp3) is 1.00. The average molecular weight is 221 g/mol. The Morgan fingerprint density at radius 1 is 1.50 bits per heavy atom. The zero-order chi connectivity index (χ0) is 10.6. The molecule has 1 heterocycles. The van der Waals surface area contributed by atoms with Gasteiger partial charge in [0, 0.05) is 20.6 Å². The molecular formula is C8H19N3O2S. The van der Waals surface area contributed by atoms with Gasteiger partial charge in [-0.2, -0.15) is 12.7 Å².